The normalized spacial score (nSPS) is 17.9. The van der Waals surface area contributed by atoms with Crippen LogP contribution in [0, 0.1) is 18.3 Å². The molecule has 148 valence electrons. The Hall–Kier alpha value is -3.82. The molecule has 1 saturated heterocycles. The Morgan fingerprint density at radius 1 is 1.13 bits per heavy atom. The first-order valence-corrected chi connectivity index (χ1v) is 9.42. The summed E-state index contributed by atoms with van der Waals surface area (Å²) in [5.74, 6) is -1.05. The Morgan fingerprint density at radius 2 is 1.87 bits per heavy atom. The van der Waals surface area contributed by atoms with Crippen LogP contribution < -0.4 is 4.90 Å². The molecule has 7 heteroatoms. The van der Waals surface area contributed by atoms with Crippen LogP contribution in [0.5, 0.6) is 0 Å². The molecule has 1 aromatic heterocycles. The molecule has 1 fully saturated rings. The van der Waals surface area contributed by atoms with Gasteiger partial charge in [-0.2, -0.15) is 5.26 Å². The summed E-state index contributed by atoms with van der Waals surface area (Å²) in [5.41, 5.74) is 1.04. The third kappa shape index (κ3) is 3.25. The Bertz CT molecular complexity index is 1230. The third-order valence-corrected chi connectivity index (χ3v) is 5.08. The fourth-order valence-corrected chi connectivity index (χ4v) is 3.65. The van der Waals surface area contributed by atoms with Crippen molar-refractivity contribution in [3.63, 3.8) is 0 Å². The number of nitrogens with zero attached hydrogens (tertiary/aromatic N) is 2. The number of hydrogen-bond donors (Lipinski definition) is 1. The van der Waals surface area contributed by atoms with E-state index in [0.717, 1.165) is 0 Å². The Labute approximate surface area is 177 Å². The molecular weight excluding hydrogens is 404 g/mol. The molecule has 2 aromatic carbocycles. The van der Waals surface area contributed by atoms with Crippen LogP contribution in [0.15, 0.2) is 70.7 Å². The van der Waals surface area contributed by atoms with Crippen molar-refractivity contribution in [2.45, 2.75) is 13.0 Å². The number of hydrogen-bond acceptors (Lipinski definition) is 5. The monoisotopic (exact) mass is 418 g/mol. The van der Waals surface area contributed by atoms with Gasteiger partial charge in [-0.05, 0) is 55.5 Å². The number of halogens is 1. The molecule has 1 unspecified atom stereocenters. The number of anilines is 1. The van der Waals surface area contributed by atoms with Gasteiger partial charge in [0.25, 0.3) is 11.7 Å². The Balaban J connectivity index is 1.93. The van der Waals surface area contributed by atoms with Gasteiger partial charge >= 0.3 is 0 Å². The molecule has 0 bridgehead atoms. The van der Waals surface area contributed by atoms with Crippen molar-refractivity contribution in [1.29, 1.82) is 5.26 Å². The van der Waals surface area contributed by atoms with E-state index < -0.39 is 17.7 Å². The molecule has 3 aromatic rings. The summed E-state index contributed by atoms with van der Waals surface area (Å²) >= 11 is 6.03. The fraction of sp³-hybridized carbons (Fsp3) is 0.0870. The van der Waals surface area contributed by atoms with Gasteiger partial charge < -0.3 is 9.52 Å². The van der Waals surface area contributed by atoms with E-state index in [2.05, 4.69) is 0 Å². The van der Waals surface area contributed by atoms with Crippen LogP contribution in [-0.4, -0.2) is 16.8 Å². The van der Waals surface area contributed by atoms with Gasteiger partial charge in [0.2, 0.25) is 0 Å². The predicted molar refractivity (Wildman–Crippen MR) is 111 cm³/mol. The number of benzene rings is 2. The average molecular weight is 419 g/mol. The second kappa shape index (κ2) is 7.54. The lowest BCUT2D eigenvalue weighted by molar-refractivity contribution is -0.132. The van der Waals surface area contributed by atoms with Crippen molar-refractivity contribution < 1.29 is 19.1 Å². The molecule has 0 spiro atoms. The van der Waals surface area contributed by atoms with Gasteiger partial charge in [0.05, 0.1) is 17.2 Å². The minimum absolute atomic E-state index is 0.0963. The van der Waals surface area contributed by atoms with Gasteiger partial charge in [-0.25, -0.2) is 0 Å². The fourth-order valence-electron chi connectivity index (χ4n) is 3.46. The highest BCUT2D eigenvalue weighted by atomic mass is 35.5. The number of aliphatic hydroxyl groups excluding tert-OH is 1. The van der Waals surface area contributed by atoms with E-state index in [9.17, 15) is 14.7 Å². The van der Waals surface area contributed by atoms with Gasteiger partial charge in [0, 0.05) is 16.3 Å². The van der Waals surface area contributed by atoms with E-state index in [-0.39, 0.29) is 11.3 Å². The highest BCUT2D eigenvalue weighted by Crippen LogP contribution is 2.42. The number of ketones is 1. The van der Waals surface area contributed by atoms with E-state index >= 15 is 0 Å². The van der Waals surface area contributed by atoms with Gasteiger partial charge in [-0.15, -0.1) is 0 Å². The number of carbonyl (C=O) groups excluding carboxylic acids is 2. The third-order valence-electron chi connectivity index (χ3n) is 4.85. The zero-order valence-electron chi connectivity index (χ0n) is 15.8. The lowest BCUT2D eigenvalue weighted by Crippen LogP contribution is -2.29. The molecule has 6 nitrogen and oxygen atoms in total. The lowest BCUT2D eigenvalue weighted by Gasteiger charge is -2.23. The maximum Gasteiger partial charge on any atom is 0.300 e. The Morgan fingerprint density at radius 3 is 2.47 bits per heavy atom. The van der Waals surface area contributed by atoms with E-state index in [1.165, 1.54) is 11.0 Å². The van der Waals surface area contributed by atoms with Crippen LogP contribution in [0.25, 0.3) is 5.76 Å². The van der Waals surface area contributed by atoms with Gasteiger partial charge in [0.1, 0.15) is 23.3 Å². The maximum atomic E-state index is 13.0. The molecule has 0 radical (unpaired) electrons. The molecule has 1 N–H and O–H groups in total. The van der Waals surface area contributed by atoms with Crippen LogP contribution in [-0.2, 0) is 9.59 Å². The second-order valence-corrected chi connectivity index (χ2v) is 7.22. The summed E-state index contributed by atoms with van der Waals surface area (Å²) in [5, 5.41) is 20.4. The van der Waals surface area contributed by atoms with Crippen LogP contribution in [0.2, 0.25) is 5.02 Å². The quantitative estimate of drug-likeness (QED) is 0.376. The molecule has 30 heavy (non-hydrogen) atoms. The number of Topliss-reactive ketones (excluding diaryl/α,β-unsaturated/α-hetero) is 1. The number of nitriles is 1. The zero-order valence-corrected chi connectivity index (χ0v) is 16.6. The topological polar surface area (TPSA) is 94.5 Å². The molecule has 1 aliphatic heterocycles. The van der Waals surface area contributed by atoms with E-state index in [1.807, 2.05) is 6.07 Å². The molecular formula is C23H15ClN2O4. The smallest absolute Gasteiger partial charge is 0.300 e. The van der Waals surface area contributed by atoms with Crippen LogP contribution in [0.3, 0.4) is 0 Å². The molecule has 0 aliphatic carbocycles. The van der Waals surface area contributed by atoms with Crippen molar-refractivity contribution in [3.05, 3.63) is 93.9 Å². The van der Waals surface area contributed by atoms with E-state index in [4.69, 9.17) is 21.3 Å². The number of carbonyl (C=O) groups is 2. The first-order valence-electron chi connectivity index (χ1n) is 9.04. The number of amides is 1. The molecule has 1 amide bonds. The number of rotatable bonds is 3. The summed E-state index contributed by atoms with van der Waals surface area (Å²) in [4.78, 5) is 27.2. The highest BCUT2D eigenvalue weighted by Gasteiger charge is 2.48. The standard InChI is InChI=1S/C23H15ClN2O4/c1-13-5-10-18(30-13)20-19(21(27)15-3-2-4-16(24)11-15)22(28)23(29)26(20)17-8-6-14(12-25)7-9-17/h2-11,20,27H,1H3/b21-19-. The van der Waals surface area contributed by atoms with Crippen LogP contribution in [0.4, 0.5) is 5.69 Å². The van der Waals surface area contributed by atoms with E-state index in [0.29, 0.717) is 33.4 Å². The van der Waals surface area contributed by atoms with Crippen LogP contribution in [0.1, 0.15) is 28.7 Å². The summed E-state index contributed by atoms with van der Waals surface area (Å²) in [6.07, 6.45) is 0. The summed E-state index contributed by atoms with van der Waals surface area (Å²) in [6.45, 7) is 1.74. The summed E-state index contributed by atoms with van der Waals surface area (Å²) < 4.78 is 5.73. The molecule has 4 rings (SSSR count). The first kappa shape index (κ1) is 19.5. The highest BCUT2D eigenvalue weighted by molar-refractivity contribution is 6.51. The average Bonchev–Trinajstić information content (AvgIpc) is 3.29. The zero-order chi connectivity index (χ0) is 21.4. The van der Waals surface area contributed by atoms with Gasteiger partial charge in [0.15, 0.2) is 0 Å². The number of furan rings is 1. The molecule has 0 saturated carbocycles. The van der Waals surface area contributed by atoms with Crippen molar-refractivity contribution in [2.24, 2.45) is 0 Å². The van der Waals surface area contributed by atoms with E-state index in [1.54, 1.807) is 61.5 Å². The Kier molecular flexibility index (Phi) is 4.90. The maximum absolute atomic E-state index is 13.0. The molecule has 1 atom stereocenters. The summed E-state index contributed by atoms with van der Waals surface area (Å²) in [6, 6.07) is 17.1. The minimum Gasteiger partial charge on any atom is -0.507 e. The minimum atomic E-state index is -0.967. The second-order valence-electron chi connectivity index (χ2n) is 6.79. The first-order chi connectivity index (χ1) is 14.4. The summed E-state index contributed by atoms with van der Waals surface area (Å²) in [7, 11) is 0. The van der Waals surface area contributed by atoms with Crippen molar-refractivity contribution >= 4 is 34.7 Å². The predicted octanol–water partition coefficient (Wildman–Crippen LogP) is 4.74. The number of aliphatic hydroxyl groups is 1. The molecule has 1 aliphatic rings. The SMILES string of the molecule is Cc1ccc(C2/C(=C(/O)c3cccc(Cl)c3)C(=O)C(=O)N2c2ccc(C#N)cc2)o1. The van der Waals surface area contributed by atoms with Crippen molar-refractivity contribution in [3.8, 4) is 6.07 Å². The lowest BCUT2D eigenvalue weighted by atomic mass is 9.99. The largest absolute Gasteiger partial charge is 0.507 e. The van der Waals surface area contributed by atoms with Gasteiger partial charge in [-0.1, -0.05) is 23.7 Å². The van der Waals surface area contributed by atoms with Gasteiger partial charge in [-0.3, -0.25) is 14.5 Å². The van der Waals surface area contributed by atoms with Crippen molar-refractivity contribution in [1.82, 2.24) is 0 Å². The van der Waals surface area contributed by atoms with Crippen LogP contribution >= 0.6 is 11.6 Å². The molecule has 2 heterocycles. The van der Waals surface area contributed by atoms with Crippen molar-refractivity contribution in [2.75, 3.05) is 4.90 Å². The number of aryl methyl sites for hydroxylation is 1.